The summed E-state index contributed by atoms with van der Waals surface area (Å²) in [6.45, 7) is 2.69. The van der Waals surface area contributed by atoms with Gasteiger partial charge in [0.25, 0.3) is 5.56 Å². The van der Waals surface area contributed by atoms with Gasteiger partial charge in [-0.1, -0.05) is 0 Å². The molecule has 2 rings (SSSR count). The van der Waals surface area contributed by atoms with Gasteiger partial charge >= 0.3 is 0 Å². The number of aromatic nitrogens is 4. The van der Waals surface area contributed by atoms with Crippen LogP contribution in [-0.2, 0) is 6.42 Å². The quantitative estimate of drug-likeness (QED) is 0.573. The topological polar surface area (TPSA) is 112 Å². The molecular formula is C11H16N6O. The molecule has 7 heteroatoms. The molecule has 0 aliphatic carbocycles. The van der Waals surface area contributed by atoms with E-state index in [1.54, 1.807) is 0 Å². The molecule has 0 saturated heterocycles. The van der Waals surface area contributed by atoms with E-state index >= 15 is 0 Å². The molecule has 7 nitrogen and oxygen atoms in total. The molecule has 0 radical (unpaired) electrons. The highest BCUT2D eigenvalue weighted by Crippen LogP contribution is 2.09. The van der Waals surface area contributed by atoms with Crippen molar-refractivity contribution in [2.24, 2.45) is 0 Å². The number of H-pyrrole nitrogens is 2. The average molecular weight is 248 g/mol. The molecule has 5 N–H and O–H groups in total. The van der Waals surface area contributed by atoms with Crippen molar-refractivity contribution in [2.45, 2.75) is 19.8 Å². The molecule has 2 aromatic rings. The molecule has 0 aliphatic rings. The van der Waals surface area contributed by atoms with Gasteiger partial charge in [-0.15, -0.1) is 0 Å². The highest BCUT2D eigenvalue weighted by Gasteiger charge is 2.04. The number of nitrogens with zero attached hydrogens (tertiary/aromatic N) is 2. The minimum atomic E-state index is -0.321. The number of aryl methyl sites for hydroxylation is 2. The summed E-state index contributed by atoms with van der Waals surface area (Å²) in [5.41, 5.74) is 7.69. The zero-order valence-corrected chi connectivity index (χ0v) is 10.2. The summed E-state index contributed by atoms with van der Waals surface area (Å²) in [6.07, 6.45) is 4.99. The van der Waals surface area contributed by atoms with Crippen molar-refractivity contribution in [3.8, 4) is 0 Å². The van der Waals surface area contributed by atoms with Crippen molar-refractivity contribution < 1.29 is 0 Å². The summed E-state index contributed by atoms with van der Waals surface area (Å²) in [7, 11) is 0. The van der Waals surface area contributed by atoms with Crippen LogP contribution in [0.4, 0.5) is 11.5 Å². The molecule has 0 aliphatic heterocycles. The van der Waals surface area contributed by atoms with Crippen LogP contribution in [0.25, 0.3) is 0 Å². The van der Waals surface area contributed by atoms with Crippen molar-refractivity contribution >= 4 is 11.5 Å². The lowest BCUT2D eigenvalue weighted by Crippen LogP contribution is -2.16. The van der Waals surface area contributed by atoms with E-state index in [0.29, 0.717) is 12.4 Å². The number of rotatable bonds is 5. The van der Waals surface area contributed by atoms with Gasteiger partial charge in [0.05, 0.1) is 12.5 Å². The predicted octanol–water partition coefficient (Wildman–Crippen LogP) is 0.428. The first-order valence-corrected chi connectivity index (χ1v) is 5.74. The maximum atomic E-state index is 11.2. The van der Waals surface area contributed by atoms with Crippen molar-refractivity contribution in [2.75, 3.05) is 17.6 Å². The standard InChI is InChI=1S/C11H16N6O/c1-7-8(5-16-17-7)3-2-4-13-10-9(12)11(18)15-6-14-10/h5-6H,2-4,12H2,1H3,(H,16,17)(H2,13,14,15,18). The van der Waals surface area contributed by atoms with Crippen LogP contribution < -0.4 is 16.6 Å². The fourth-order valence-corrected chi connectivity index (χ4v) is 1.66. The Hall–Kier alpha value is -2.31. The number of anilines is 2. The lowest BCUT2D eigenvalue weighted by atomic mass is 10.1. The summed E-state index contributed by atoms with van der Waals surface area (Å²) in [5, 5.41) is 9.91. The Morgan fingerprint density at radius 2 is 2.33 bits per heavy atom. The van der Waals surface area contributed by atoms with Crippen molar-refractivity contribution in [1.82, 2.24) is 20.2 Å². The van der Waals surface area contributed by atoms with Gasteiger partial charge in [0.1, 0.15) is 5.69 Å². The molecule has 96 valence electrons. The molecule has 18 heavy (non-hydrogen) atoms. The summed E-state index contributed by atoms with van der Waals surface area (Å²) < 4.78 is 0. The lowest BCUT2D eigenvalue weighted by molar-refractivity contribution is 0.852. The Labute approximate surface area is 104 Å². The molecule has 0 saturated carbocycles. The van der Waals surface area contributed by atoms with Crippen LogP contribution in [0.1, 0.15) is 17.7 Å². The Balaban J connectivity index is 1.84. The highest BCUT2D eigenvalue weighted by atomic mass is 16.1. The van der Waals surface area contributed by atoms with E-state index in [-0.39, 0.29) is 11.2 Å². The molecule has 0 aromatic carbocycles. The molecule has 2 heterocycles. The number of nitrogens with one attached hydrogen (secondary N) is 3. The van der Waals surface area contributed by atoms with Gasteiger partial charge in [-0.25, -0.2) is 4.98 Å². The Morgan fingerprint density at radius 1 is 1.50 bits per heavy atom. The molecule has 0 unspecified atom stereocenters. The lowest BCUT2D eigenvalue weighted by Gasteiger charge is -2.06. The van der Waals surface area contributed by atoms with Crippen LogP contribution >= 0.6 is 0 Å². The maximum Gasteiger partial charge on any atom is 0.276 e. The number of nitrogens with two attached hydrogens (primary N) is 1. The van der Waals surface area contributed by atoms with Gasteiger partial charge in [0, 0.05) is 12.2 Å². The van der Waals surface area contributed by atoms with Crippen LogP contribution in [0.3, 0.4) is 0 Å². The fourth-order valence-electron chi connectivity index (χ4n) is 1.66. The van der Waals surface area contributed by atoms with Gasteiger partial charge in [0.2, 0.25) is 0 Å². The Morgan fingerprint density at radius 3 is 3.06 bits per heavy atom. The molecule has 0 fully saturated rings. The smallest absolute Gasteiger partial charge is 0.276 e. The van der Waals surface area contributed by atoms with Gasteiger partial charge in [-0.05, 0) is 25.3 Å². The Kier molecular flexibility index (Phi) is 3.61. The van der Waals surface area contributed by atoms with E-state index in [0.717, 1.165) is 18.5 Å². The predicted molar refractivity (Wildman–Crippen MR) is 69.4 cm³/mol. The number of aromatic amines is 2. The van der Waals surface area contributed by atoms with Gasteiger partial charge in [0.15, 0.2) is 5.82 Å². The van der Waals surface area contributed by atoms with E-state index in [4.69, 9.17) is 5.73 Å². The summed E-state index contributed by atoms with van der Waals surface area (Å²) in [4.78, 5) is 17.6. The monoisotopic (exact) mass is 248 g/mol. The van der Waals surface area contributed by atoms with Crippen molar-refractivity contribution in [3.63, 3.8) is 0 Å². The summed E-state index contributed by atoms with van der Waals surface area (Å²) in [5.74, 6) is 0.433. The van der Waals surface area contributed by atoms with Gasteiger partial charge < -0.3 is 16.0 Å². The minimum Gasteiger partial charge on any atom is -0.391 e. The molecule has 0 spiro atoms. The minimum absolute atomic E-state index is 0.122. The first-order chi connectivity index (χ1) is 8.68. The van der Waals surface area contributed by atoms with Crippen LogP contribution in [0, 0.1) is 6.92 Å². The summed E-state index contributed by atoms with van der Waals surface area (Å²) >= 11 is 0. The third-order valence-corrected chi connectivity index (χ3v) is 2.74. The van der Waals surface area contributed by atoms with Gasteiger partial charge in [-0.3, -0.25) is 9.89 Å². The summed E-state index contributed by atoms with van der Waals surface area (Å²) in [6, 6.07) is 0. The highest BCUT2D eigenvalue weighted by molar-refractivity contribution is 5.58. The fraction of sp³-hybridized carbons (Fsp3) is 0.364. The van der Waals surface area contributed by atoms with E-state index in [2.05, 4.69) is 25.5 Å². The zero-order valence-electron chi connectivity index (χ0n) is 10.2. The first-order valence-electron chi connectivity index (χ1n) is 5.74. The second-order valence-corrected chi connectivity index (χ2v) is 4.04. The molecule has 0 atom stereocenters. The van der Waals surface area contributed by atoms with Crippen molar-refractivity contribution in [1.29, 1.82) is 0 Å². The van der Waals surface area contributed by atoms with E-state index in [1.165, 1.54) is 11.9 Å². The molecule has 0 bridgehead atoms. The zero-order chi connectivity index (χ0) is 13.0. The normalized spacial score (nSPS) is 10.5. The maximum absolute atomic E-state index is 11.2. The number of nitrogen functional groups attached to an aromatic ring is 1. The number of hydrogen-bond acceptors (Lipinski definition) is 5. The van der Waals surface area contributed by atoms with E-state index in [1.807, 2.05) is 13.1 Å². The third-order valence-electron chi connectivity index (χ3n) is 2.74. The molecular weight excluding hydrogens is 232 g/mol. The molecule has 0 amide bonds. The van der Waals surface area contributed by atoms with Crippen LogP contribution in [0.15, 0.2) is 17.3 Å². The second-order valence-electron chi connectivity index (χ2n) is 4.04. The van der Waals surface area contributed by atoms with Crippen LogP contribution in [-0.4, -0.2) is 26.7 Å². The van der Waals surface area contributed by atoms with Crippen LogP contribution in [0.5, 0.6) is 0 Å². The van der Waals surface area contributed by atoms with E-state index < -0.39 is 0 Å². The number of hydrogen-bond donors (Lipinski definition) is 4. The molecule has 2 aromatic heterocycles. The Bertz CT molecular complexity index is 573. The van der Waals surface area contributed by atoms with Gasteiger partial charge in [-0.2, -0.15) is 5.10 Å². The van der Waals surface area contributed by atoms with Crippen LogP contribution in [0.2, 0.25) is 0 Å². The van der Waals surface area contributed by atoms with E-state index in [9.17, 15) is 4.79 Å². The third kappa shape index (κ3) is 2.68. The second kappa shape index (κ2) is 5.35. The van der Waals surface area contributed by atoms with Crippen molar-refractivity contribution in [3.05, 3.63) is 34.1 Å². The average Bonchev–Trinajstić information content (AvgIpc) is 2.76. The first kappa shape index (κ1) is 12.2. The largest absolute Gasteiger partial charge is 0.391 e. The SMILES string of the molecule is Cc1[nH]ncc1CCCNc1nc[nH]c(=O)c1N.